The number of nitrogens with zero attached hydrogens (tertiary/aromatic N) is 3. The largest absolute Gasteiger partial charge is 0.493 e. The van der Waals surface area contributed by atoms with E-state index in [9.17, 15) is 0 Å². The lowest BCUT2D eigenvalue weighted by atomic mass is 10.2. The summed E-state index contributed by atoms with van der Waals surface area (Å²) in [6.45, 7) is 4.11. The molecule has 2 N–H and O–H groups in total. The van der Waals surface area contributed by atoms with Crippen LogP contribution in [-0.2, 0) is 6.54 Å². The van der Waals surface area contributed by atoms with Gasteiger partial charge in [-0.2, -0.15) is 0 Å². The summed E-state index contributed by atoms with van der Waals surface area (Å²) in [7, 11) is 1.69. The van der Waals surface area contributed by atoms with Crippen molar-refractivity contribution in [1.29, 1.82) is 0 Å². The first kappa shape index (κ1) is 17.7. The molecule has 144 valence electrons. The summed E-state index contributed by atoms with van der Waals surface area (Å²) in [5.41, 5.74) is 2.87. The van der Waals surface area contributed by atoms with Crippen molar-refractivity contribution < 1.29 is 9.47 Å². The second-order valence-corrected chi connectivity index (χ2v) is 6.93. The molecule has 4 rings (SSSR count). The van der Waals surface area contributed by atoms with E-state index in [1.807, 2.05) is 19.3 Å². The summed E-state index contributed by atoms with van der Waals surface area (Å²) in [6, 6.07) is 6.15. The van der Waals surface area contributed by atoms with Crippen LogP contribution in [0.4, 0.5) is 11.5 Å². The van der Waals surface area contributed by atoms with Crippen molar-refractivity contribution >= 4 is 11.5 Å². The Morgan fingerprint density at radius 1 is 1.22 bits per heavy atom. The number of ether oxygens (including phenoxy) is 2. The van der Waals surface area contributed by atoms with Crippen LogP contribution in [0.1, 0.15) is 38.2 Å². The van der Waals surface area contributed by atoms with Crippen LogP contribution in [-0.4, -0.2) is 36.0 Å². The Hall–Kier alpha value is -2.70. The van der Waals surface area contributed by atoms with E-state index in [0.717, 1.165) is 46.9 Å². The number of hydrogen-bond acceptors (Lipinski definition) is 6. The van der Waals surface area contributed by atoms with Crippen LogP contribution in [0.5, 0.6) is 11.5 Å². The van der Waals surface area contributed by atoms with Crippen molar-refractivity contribution in [3.63, 3.8) is 0 Å². The zero-order chi connectivity index (χ0) is 18.6. The molecule has 7 nitrogen and oxygen atoms in total. The zero-order valence-electron chi connectivity index (χ0n) is 16.0. The molecule has 1 aromatic heterocycles. The molecule has 0 amide bonds. The Morgan fingerprint density at radius 2 is 2.07 bits per heavy atom. The minimum Gasteiger partial charge on any atom is -0.493 e. The molecule has 7 heteroatoms. The Bertz CT molecular complexity index is 871. The fraction of sp³-hybridized carbons (Fsp3) is 0.500. The number of hydrogen-bond donors (Lipinski definition) is 2. The number of anilines is 2. The summed E-state index contributed by atoms with van der Waals surface area (Å²) in [5, 5.41) is 6.70. The highest BCUT2D eigenvalue weighted by Gasteiger charge is 2.20. The number of fused-ring (bicyclic) bond motifs is 1. The quantitative estimate of drug-likeness (QED) is 0.819. The maximum Gasteiger partial charge on any atom is 0.176 e. The van der Waals surface area contributed by atoms with Gasteiger partial charge in [0.15, 0.2) is 17.0 Å². The molecule has 0 radical (unpaired) electrons. The molecular weight excluding hydrogens is 342 g/mol. The number of aromatic nitrogens is 2. The van der Waals surface area contributed by atoms with E-state index >= 15 is 0 Å². The Balaban J connectivity index is 1.61. The smallest absolute Gasteiger partial charge is 0.176 e. The minimum atomic E-state index is 0.300. The second kappa shape index (κ2) is 7.90. The van der Waals surface area contributed by atoms with E-state index in [0.29, 0.717) is 25.9 Å². The Morgan fingerprint density at radius 3 is 2.85 bits per heavy atom. The van der Waals surface area contributed by atoms with E-state index < -0.39 is 0 Å². The van der Waals surface area contributed by atoms with Crippen molar-refractivity contribution in [2.24, 2.45) is 4.99 Å². The number of methoxy groups -OCH3 is 1. The average Bonchev–Trinajstić information content (AvgIpc) is 3.36. The summed E-state index contributed by atoms with van der Waals surface area (Å²) in [5.74, 6) is 2.64. The van der Waals surface area contributed by atoms with Crippen molar-refractivity contribution in [2.75, 3.05) is 31.0 Å². The summed E-state index contributed by atoms with van der Waals surface area (Å²) >= 11 is 0. The van der Waals surface area contributed by atoms with Crippen LogP contribution in [0, 0.1) is 0 Å². The van der Waals surface area contributed by atoms with Gasteiger partial charge in [-0.15, -0.1) is 0 Å². The van der Waals surface area contributed by atoms with Gasteiger partial charge in [-0.1, -0.05) is 6.07 Å². The normalized spacial score (nSPS) is 16.7. The van der Waals surface area contributed by atoms with Crippen molar-refractivity contribution in [1.82, 2.24) is 9.55 Å². The first-order chi connectivity index (χ1) is 13.3. The van der Waals surface area contributed by atoms with Crippen LogP contribution >= 0.6 is 0 Å². The lowest BCUT2D eigenvalue weighted by Gasteiger charge is -2.18. The molecule has 1 aromatic carbocycles. The monoisotopic (exact) mass is 369 g/mol. The number of benzene rings is 1. The third-order valence-corrected chi connectivity index (χ3v) is 5.07. The first-order valence-corrected chi connectivity index (χ1v) is 9.69. The van der Waals surface area contributed by atoms with Gasteiger partial charge in [-0.05, 0) is 50.3 Å². The van der Waals surface area contributed by atoms with E-state index in [4.69, 9.17) is 9.47 Å². The zero-order valence-corrected chi connectivity index (χ0v) is 16.0. The summed E-state index contributed by atoms with van der Waals surface area (Å²) in [6.07, 6.45) is 6.88. The molecule has 27 heavy (non-hydrogen) atoms. The van der Waals surface area contributed by atoms with Gasteiger partial charge in [0.05, 0.1) is 32.8 Å². The lowest BCUT2D eigenvalue weighted by molar-refractivity contribution is 0.200. The van der Waals surface area contributed by atoms with Gasteiger partial charge >= 0.3 is 0 Å². The molecule has 2 aliphatic rings. The highest BCUT2D eigenvalue weighted by molar-refractivity contribution is 5.68. The van der Waals surface area contributed by atoms with Gasteiger partial charge in [0, 0.05) is 6.54 Å². The van der Waals surface area contributed by atoms with Crippen LogP contribution in [0.2, 0.25) is 0 Å². The fourth-order valence-corrected chi connectivity index (χ4v) is 3.75. The van der Waals surface area contributed by atoms with Gasteiger partial charge in [0.2, 0.25) is 0 Å². The van der Waals surface area contributed by atoms with Gasteiger partial charge < -0.3 is 24.7 Å². The van der Waals surface area contributed by atoms with E-state index in [1.165, 1.54) is 12.8 Å². The van der Waals surface area contributed by atoms with Crippen molar-refractivity contribution in [2.45, 2.75) is 45.3 Å². The molecule has 1 fully saturated rings. The maximum atomic E-state index is 6.23. The van der Waals surface area contributed by atoms with Gasteiger partial charge in [-0.3, -0.25) is 4.99 Å². The molecule has 1 saturated carbocycles. The second-order valence-electron chi connectivity index (χ2n) is 6.93. The molecule has 0 bridgehead atoms. The van der Waals surface area contributed by atoms with E-state index in [-0.39, 0.29) is 0 Å². The molecular formula is C20H27N5O2. The fourth-order valence-electron chi connectivity index (χ4n) is 3.75. The van der Waals surface area contributed by atoms with Gasteiger partial charge in [-0.25, -0.2) is 4.98 Å². The molecule has 1 aliphatic heterocycles. The Labute approximate surface area is 159 Å². The van der Waals surface area contributed by atoms with Gasteiger partial charge in [0.25, 0.3) is 0 Å². The molecule has 0 spiro atoms. The SMILES string of the molecule is CCN=c1ncn(Cc2ccc(OC)c(OC3CCCC3)c2)c2c1NCN2. The predicted molar refractivity (Wildman–Crippen MR) is 105 cm³/mol. The van der Waals surface area contributed by atoms with Crippen molar-refractivity contribution in [3.05, 3.63) is 35.6 Å². The molecule has 2 aromatic rings. The van der Waals surface area contributed by atoms with Crippen LogP contribution in [0.25, 0.3) is 0 Å². The molecule has 0 atom stereocenters. The maximum absolute atomic E-state index is 6.23. The highest BCUT2D eigenvalue weighted by atomic mass is 16.5. The van der Waals surface area contributed by atoms with Crippen LogP contribution in [0.15, 0.2) is 29.5 Å². The molecule has 2 heterocycles. The van der Waals surface area contributed by atoms with Crippen LogP contribution in [0.3, 0.4) is 0 Å². The third kappa shape index (κ3) is 3.72. The van der Waals surface area contributed by atoms with Crippen molar-refractivity contribution in [3.8, 4) is 11.5 Å². The van der Waals surface area contributed by atoms with E-state index in [2.05, 4.69) is 37.3 Å². The standard InChI is InChI=1S/C20H27N5O2/c1-3-21-19-18-20(23-12-22-18)25(13-24-19)11-14-8-9-16(26-2)17(10-14)27-15-6-4-5-7-15/h8-10,13,15,22-23H,3-7,11-12H2,1-2H3. The minimum absolute atomic E-state index is 0.300. The summed E-state index contributed by atoms with van der Waals surface area (Å²) in [4.78, 5) is 8.97. The number of nitrogens with one attached hydrogen (secondary N) is 2. The van der Waals surface area contributed by atoms with Gasteiger partial charge in [0.1, 0.15) is 11.5 Å². The van der Waals surface area contributed by atoms with E-state index in [1.54, 1.807) is 7.11 Å². The highest BCUT2D eigenvalue weighted by Crippen LogP contribution is 2.33. The summed E-state index contributed by atoms with van der Waals surface area (Å²) < 4.78 is 13.8. The first-order valence-electron chi connectivity index (χ1n) is 9.69. The number of rotatable bonds is 6. The average molecular weight is 369 g/mol. The molecule has 0 unspecified atom stereocenters. The third-order valence-electron chi connectivity index (χ3n) is 5.07. The Kier molecular flexibility index (Phi) is 5.18. The van der Waals surface area contributed by atoms with Crippen LogP contribution < -0.4 is 25.6 Å². The topological polar surface area (TPSA) is 72.7 Å². The lowest BCUT2D eigenvalue weighted by Crippen LogP contribution is -2.17. The molecule has 1 aliphatic carbocycles. The predicted octanol–water partition coefficient (Wildman–Crippen LogP) is 2.98. The molecule has 0 saturated heterocycles.